The lowest BCUT2D eigenvalue weighted by Crippen LogP contribution is -2.52. The number of benzene rings is 4. The number of fused-ring (bicyclic) bond motifs is 3. The van der Waals surface area contributed by atoms with E-state index in [0.29, 0.717) is 0 Å². The zero-order chi connectivity index (χ0) is 22.0. The second-order valence-corrected chi connectivity index (χ2v) is 13.8. The second kappa shape index (κ2) is 6.78. The number of rotatable bonds is 2. The maximum Gasteiger partial charge on any atom is 0.256 e. The Labute approximate surface area is 189 Å². The van der Waals surface area contributed by atoms with Crippen LogP contribution in [-0.2, 0) is 7.05 Å². The lowest BCUT2D eigenvalue weighted by molar-refractivity contribution is -0.633. The van der Waals surface area contributed by atoms with Gasteiger partial charge >= 0.3 is 0 Å². The first-order valence-electron chi connectivity index (χ1n) is 11.2. The van der Waals surface area contributed by atoms with E-state index < -0.39 is 8.07 Å². The van der Waals surface area contributed by atoms with Gasteiger partial charge < -0.3 is 4.74 Å². The summed E-state index contributed by atoms with van der Waals surface area (Å²) >= 11 is 0. The molecule has 2 heterocycles. The summed E-state index contributed by atoms with van der Waals surface area (Å²) in [6, 6.07) is 30.9. The van der Waals surface area contributed by atoms with Crippen molar-refractivity contribution < 1.29 is 9.30 Å². The molecule has 4 aromatic carbocycles. The van der Waals surface area contributed by atoms with Crippen LogP contribution >= 0.6 is 0 Å². The average Bonchev–Trinajstić information content (AvgIpc) is 2.81. The molecular formula is C29H26NOSi+. The van der Waals surface area contributed by atoms with Crippen molar-refractivity contribution in [1.82, 2.24) is 0 Å². The summed E-state index contributed by atoms with van der Waals surface area (Å²) in [6.45, 7) is 7.05. The van der Waals surface area contributed by atoms with Gasteiger partial charge in [0, 0.05) is 22.9 Å². The van der Waals surface area contributed by atoms with Crippen LogP contribution in [0.3, 0.4) is 0 Å². The minimum absolute atomic E-state index is 0.936. The van der Waals surface area contributed by atoms with Gasteiger partial charge in [0.15, 0.2) is 5.75 Å². The summed E-state index contributed by atoms with van der Waals surface area (Å²) in [4.78, 5) is 0. The van der Waals surface area contributed by atoms with E-state index in [9.17, 15) is 0 Å². The molecule has 0 aliphatic carbocycles. The number of pyridine rings is 1. The van der Waals surface area contributed by atoms with Crippen molar-refractivity contribution in [3.05, 3.63) is 90.5 Å². The molecule has 3 heteroatoms. The first-order chi connectivity index (χ1) is 15.4. The molecule has 6 rings (SSSR count). The van der Waals surface area contributed by atoms with Gasteiger partial charge in [0.1, 0.15) is 20.9 Å². The van der Waals surface area contributed by atoms with Crippen molar-refractivity contribution in [2.24, 2.45) is 7.05 Å². The van der Waals surface area contributed by atoms with Gasteiger partial charge in [-0.15, -0.1) is 0 Å². The molecule has 0 atom stereocenters. The molecule has 0 spiro atoms. The zero-order valence-corrected chi connectivity index (χ0v) is 19.9. The van der Waals surface area contributed by atoms with Crippen LogP contribution in [0, 0.1) is 6.92 Å². The average molecular weight is 433 g/mol. The van der Waals surface area contributed by atoms with Crippen LogP contribution in [0.1, 0.15) is 5.56 Å². The van der Waals surface area contributed by atoms with Crippen molar-refractivity contribution >= 4 is 40.1 Å². The molecule has 0 fully saturated rings. The Bertz CT molecular complexity index is 1540. The molecule has 0 N–H and O–H groups in total. The summed E-state index contributed by atoms with van der Waals surface area (Å²) in [5.41, 5.74) is 4.95. The van der Waals surface area contributed by atoms with E-state index in [1.807, 2.05) is 0 Å². The van der Waals surface area contributed by atoms with Gasteiger partial charge in [-0.3, -0.25) is 0 Å². The monoisotopic (exact) mass is 432 g/mol. The molecule has 5 aromatic rings. The van der Waals surface area contributed by atoms with Gasteiger partial charge in [-0.25, -0.2) is 0 Å². The van der Waals surface area contributed by atoms with Gasteiger partial charge in [0.05, 0.1) is 5.56 Å². The molecule has 156 valence electrons. The van der Waals surface area contributed by atoms with E-state index >= 15 is 0 Å². The molecule has 1 aliphatic heterocycles. The Kier molecular flexibility index (Phi) is 4.08. The SMILES string of the molecule is Cc1ccc2cccc3c2c1-c1c(cc2cc([Si](C)(C)c4ccccc4)ccc2[n+]1C)O3. The third-order valence-electron chi connectivity index (χ3n) is 7.13. The van der Waals surface area contributed by atoms with Crippen molar-refractivity contribution in [3.8, 4) is 22.8 Å². The fraction of sp³-hybridized carbons (Fsp3) is 0.138. The lowest BCUT2D eigenvalue weighted by atomic mass is 9.93. The third-order valence-corrected chi connectivity index (χ3v) is 10.7. The highest BCUT2D eigenvalue weighted by Crippen LogP contribution is 2.46. The van der Waals surface area contributed by atoms with E-state index in [1.54, 1.807) is 0 Å². The number of aromatic nitrogens is 1. The molecule has 0 bridgehead atoms. The fourth-order valence-corrected chi connectivity index (χ4v) is 7.58. The minimum Gasteiger partial charge on any atom is -0.450 e. The fourth-order valence-electron chi connectivity index (χ4n) is 5.21. The first-order valence-corrected chi connectivity index (χ1v) is 14.2. The van der Waals surface area contributed by atoms with E-state index in [4.69, 9.17) is 4.74 Å². The van der Waals surface area contributed by atoms with Gasteiger partial charge in [0.2, 0.25) is 5.52 Å². The molecule has 0 saturated carbocycles. The van der Waals surface area contributed by atoms with Gasteiger partial charge in [-0.2, -0.15) is 4.57 Å². The molecule has 32 heavy (non-hydrogen) atoms. The summed E-state index contributed by atoms with van der Waals surface area (Å²) in [7, 11) is 0.381. The topological polar surface area (TPSA) is 13.1 Å². The molecule has 0 radical (unpaired) electrons. The predicted octanol–water partition coefficient (Wildman–Crippen LogP) is 5.72. The number of ether oxygens (including phenoxy) is 1. The Balaban J connectivity index is 1.60. The zero-order valence-electron chi connectivity index (χ0n) is 18.9. The smallest absolute Gasteiger partial charge is 0.256 e. The Hall–Kier alpha value is -3.43. The number of nitrogens with zero attached hydrogens (tertiary/aromatic N) is 1. The molecule has 1 aromatic heterocycles. The van der Waals surface area contributed by atoms with E-state index in [2.05, 4.69) is 117 Å². The highest BCUT2D eigenvalue weighted by atomic mass is 28.3. The van der Waals surface area contributed by atoms with Gasteiger partial charge in [-0.05, 0) is 30.0 Å². The van der Waals surface area contributed by atoms with E-state index in [1.165, 1.54) is 43.2 Å². The molecule has 2 nitrogen and oxygen atoms in total. The lowest BCUT2D eigenvalue weighted by Gasteiger charge is -2.24. The highest BCUT2D eigenvalue weighted by Gasteiger charge is 2.32. The van der Waals surface area contributed by atoms with Crippen molar-refractivity contribution in [2.75, 3.05) is 0 Å². The van der Waals surface area contributed by atoms with Crippen LogP contribution in [0.4, 0.5) is 0 Å². The first kappa shape index (κ1) is 19.3. The van der Waals surface area contributed by atoms with Crippen molar-refractivity contribution in [2.45, 2.75) is 20.0 Å². The van der Waals surface area contributed by atoms with Crippen LogP contribution in [0.5, 0.6) is 11.5 Å². The normalized spacial score (nSPS) is 12.6. The largest absolute Gasteiger partial charge is 0.450 e. The summed E-state index contributed by atoms with van der Waals surface area (Å²) in [5.74, 6) is 1.88. The van der Waals surface area contributed by atoms with Gasteiger partial charge in [-0.1, -0.05) is 84.1 Å². The van der Waals surface area contributed by atoms with Crippen molar-refractivity contribution in [3.63, 3.8) is 0 Å². The van der Waals surface area contributed by atoms with E-state index in [0.717, 1.165) is 17.2 Å². The molecule has 1 aliphatic rings. The summed E-state index contributed by atoms with van der Waals surface area (Å²) < 4.78 is 8.80. The van der Waals surface area contributed by atoms with Crippen LogP contribution in [0.2, 0.25) is 13.1 Å². The molecule has 0 saturated heterocycles. The maximum absolute atomic E-state index is 6.49. The predicted molar refractivity (Wildman–Crippen MR) is 136 cm³/mol. The number of hydrogen-bond donors (Lipinski definition) is 0. The second-order valence-electron chi connectivity index (χ2n) is 9.39. The molecular weight excluding hydrogens is 406 g/mol. The number of aryl methyl sites for hydroxylation is 2. The Morgan fingerprint density at radius 3 is 2.34 bits per heavy atom. The van der Waals surface area contributed by atoms with Crippen LogP contribution < -0.4 is 19.7 Å². The Morgan fingerprint density at radius 2 is 1.53 bits per heavy atom. The van der Waals surface area contributed by atoms with E-state index in [-0.39, 0.29) is 0 Å². The minimum atomic E-state index is -1.78. The maximum atomic E-state index is 6.49. The quantitative estimate of drug-likeness (QED) is 0.252. The van der Waals surface area contributed by atoms with Crippen LogP contribution in [0.15, 0.2) is 84.9 Å². The van der Waals surface area contributed by atoms with Crippen LogP contribution in [0.25, 0.3) is 32.9 Å². The standard InChI is InChI=1S/C29H26NOSi/c1-19-13-14-20-9-8-12-25-28(20)27(19)29-26(31-25)18-21-17-23(15-16-24(21)30(29)2)32(3,4)22-10-6-5-7-11-22/h5-18H,1-4H3/q+1. The molecule has 0 amide bonds. The summed E-state index contributed by atoms with van der Waals surface area (Å²) in [5, 5.41) is 6.55. The Morgan fingerprint density at radius 1 is 0.719 bits per heavy atom. The van der Waals surface area contributed by atoms with Crippen LogP contribution in [-0.4, -0.2) is 8.07 Å². The summed E-state index contributed by atoms with van der Waals surface area (Å²) in [6.07, 6.45) is 0. The number of hydrogen-bond acceptors (Lipinski definition) is 1. The van der Waals surface area contributed by atoms with Gasteiger partial charge in [0.25, 0.3) is 5.69 Å². The van der Waals surface area contributed by atoms with Crippen molar-refractivity contribution in [1.29, 1.82) is 0 Å². The highest BCUT2D eigenvalue weighted by molar-refractivity contribution is 7.00. The third kappa shape index (κ3) is 2.68. The molecule has 0 unspecified atom stereocenters.